The summed E-state index contributed by atoms with van der Waals surface area (Å²) in [6, 6.07) is 16.2. The van der Waals surface area contributed by atoms with Gasteiger partial charge in [-0.15, -0.1) is 0 Å². The molecule has 102 valence electrons. The quantitative estimate of drug-likeness (QED) is 0.693. The lowest BCUT2D eigenvalue weighted by Gasteiger charge is -1.93. The molecule has 0 saturated carbocycles. The number of benzene rings is 1. The zero-order chi connectivity index (χ0) is 15.2. The van der Waals surface area contributed by atoms with Crippen molar-refractivity contribution in [2.24, 2.45) is 0 Å². The number of ether oxygens (including phenoxy) is 1. The second kappa shape index (κ2) is 6.36. The molecule has 0 unspecified atom stereocenters. The number of allylic oxidation sites excluding steroid dienone is 1. The number of esters is 1. The van der Waals surface area contributed by atoms with Crippen molar-refractivity contribution in [3.63, 3.8) is 0 Å². The van der Waals surface area contributed by atoms with Crippen LogP contribution in [0.3, 0.4) is 0 Å². The first-order chi connectivity index (χ1) is 10.2. The number of rotatable bonds is 0. The summed E-state index contributed by atoms with van der Waals surface area (Å²) in [6.45, 7) is 1.85. The number of carbonyl (C=O) groups is 1. The van der Waals surface area contributed by atoms with E-state index in [1.807, 2.05) is 25.1 Å². The third kappa shape index (κ3) is 3.08. The third-order valence-corrected chi connectivity index (χ3v) is 2.75. The molecule has 0 aromatic heterocycles. The Labute approximate surface area is 121 Å². The van der Waals surface area contributed by atoms with E-state index in [4.69, 9.17) is 10.00 Å². The van der Waals surface area contributed by atoms with Crippen LogP contribution >= 0.6 is 0 Å². The molecule has 0 radical (unpaired) electrons. The highest BCUT2D eigenvalue weighted by Gasteiger charge is 2.24. The maximum atomic E-state index is 12.3. The van der Waals surface area contributed by atoms with Crippen LogP contribution in [0.2, 0.25) is 0 Å². The first-order valence-corrected chi connectivity index (χ1v) is 6.12. The van der Waals surface area contributed by atoms with Gasteiger partial charge in [0.05, 0.1) is 11.1 Å². The smallest absolute Gasteiger partial charge is 0.344 e. The Bertz CT molecular complexity index is 744. The fourth-order valence-corrected chi connectivity index (χ4v) is 1.75. The average Bonchev–Trinajstić information content (AvgIpc) is 2.85. The van der Waals surface area contributed by atoms with Gasteiger partial charge in [0.15, 0.2) is 0 Å². The molecule has 0 amide bonds. The van der Waals surface area contributed by atoms with Gasteiger partial charge >= 0.3 is 5.97 Å². The van der Waals surface area contributed by atoms with E-state index in [1.165, 1.54) is 6.07 Å². The number of hydrogen-bond acceptors (Lipinski definition) is 3. The molecule has 0 fully saturated rings. The maximum absolute atomic E-state index is 12.3. The first-order valence-electron chi connectivity index (χ1n) is 6.12. The monoisotopic (exact) mass is 279 g/mol. The van der Waals surface area contributed by atoms with Gasteiger partial charge in [-0.25, -0.2) is 9.18 Å². The van der Waals surface area contributed by atoms with E-state index in [9.17, 15) is 9.18 Å². The van der Waals surface area contributed by atoms with Crippen molar-refractivity contribution in [2.75, 3.05) is 0 Å². The largest absolute Gasteiger partial charge is 0.423 e. The van der Waals surface area contributed by atoms with Crippen molar-refractivity contribution in [2.45, 2.75) is 6.92 Å². The molecule has 3 nitrogen and oxygen atoms in total. The molecular weight excluding hydrogens is 269 g/mol. The van der Waals surface area contributed by atoms with Crippen molar-refractivity contribution >= 4 is 11.7 Å². The summed E-state index contributed by atoms with van der Waals surface area (Å²) in [5.74, 6) is -0.134. The van der Waals surface area contributed by atoms with Crippen molar-refractivity contribution in [3.05, 3.63) is 77.1 Å². The van der Waals surface area contributed by atoms with Gasteiger partial charge in [0, 0.05) is 17.7 Å². The van der Waals surface area contributed by atoms with Crippen LogP contribution in [-0.2, 0) is 4.74 Å². The second-order valence-electron chi connectivity index (χ2n) is 4.04. The first kappa shape index (κ1) is 14.3. The Morgan fingerprint density at radius 1 is 1.24 bits per heavy atom. The summed E-state index contributed by atoms with van der Waals surface area (Å²) >= 11 is 0. The van der Waals surface area contributed by atoms with Crippen LogP contribution in [0.5, 0.6) is 0 Å². The zero-order valence-electron chi connectivity index (χ0n) is 11.2. The topological polar surface area (TPSA) is 50.1 Å². The summed E-state index contributed by atoms with van der Waals surface area (Å²) in [7, 11) is 0. The van der Waals surface area contributed by atoms with Gasteiger partial charge in [0.1, 0.15) is 17.6 Å². The van der Waals surface area contributed by atoms with Crippen LogP contribution < -0.4 is 0 Å². The molecule has 0 bridgehead atoms. The van der Waals surface area contributed by atoms with Gasteiger partial charge in [-0.05, 0) is 19.1 Å². The molecule has 2 aromatic carbocycles. The minimum Gasteiger partial charge on any atom is -0.423 e. The van der Waals surface area contributed by atoms with Crippen LogP contribution in [0.1, 0.15) is 28.4 Å². The molecule has 1 aliphatic rings. The molecule has 3 rings (SSSR count). The molecule has 0 N–H and O–H groups in total. The number of cyclic esters (lactones) is 1. The minimum atomic E-state index is -0.545. The number of fused-ring (bicyclic) bond motifs is 1. The molecule has 1 aliphatic heterocycles. The third-order valence-electron chi connectivity index (χ3n) is 2.75. The Morgan fingerprint density at radius 3 is 2.48 bits per heavy atom. The maximum Gasteiger partial charge on any atom is 0.344 e. The molecule has 21 heavy (non-hydrogen) atoms. The van der Waals surface area contributed by atoms with E-state index in [1.54, 1.807) is 18.2 Å². The van der Waals surface area contributed by atoms with E-state index < -0.39 is 5.82 Å². The van der Waals surface area contributed by atoms with E-state index in [2.05, 4.69) is 12.1 Å². The van der Waals surface area contributed by atoms with Gasteiger partial charge in [-0.1, -0.05) is 30.3 Å². The number of carbonyl (C=O) groups excluding carboxylic acids is 1. The van der Waals surface area contributed by atoms with Crippen LogP contribution in [0.15, 0.2) is 42.5 Å². The summed E-state index contributed by atoms with van der Waals surface area (Å²) in [4.78, 5) is 11.2. The van der Waals surface area contributed by atoms with Gasteiger partial charge in [-0.3, -0.25) is 0 Å². The predicted molar refractivity (Wildman–Crippen MR) is 74.3 cm³/mol. The highest BCUT2D eigenvalue weighted by molar-refractivity contribution is 6.02. The van der Waals surface area contributed by atoms with Gasteiger partial charge in [-0.2, -0.15) is 5.26 Å². The highest BCUT2D eigenvalue weighted by Crippen LogP contribution is 2.28. The van der Waals surface area contributed by atoms with Crippen LogP contribution in [0.25, 0.3) is 5.76 Å². The molecule has 0 spiro atoms. The molecule has 1 heterocycles. The average molecular weight is 279 g/mol. The summed E-state index contributed by atoms with van der Waals surface area (Å²) < 4.78 is 17.3. The lowest BCUT2D eigenvalue weighted by molar-refractivity contribution is 0.0715. The number of nitriles is 1. The van der Waals surface area contributed by atoms with Crippen molar-refractivity contribution < 1.29 is 13.9 Å². The summed E-state index contributed by atoms with van der Waals surface area (Å²) in [5.41, 5.74) is 1.56. The standard InChI is InChI=1S/C10H8O2.C7H2FN/c1-2-9-7-5-3-4-6-8(7)10(11)12-9;8-7-4-2-1-3-6(7)5-9/h2-6H,1H3;3-4H/b9-2-;. The van der Waals surface area contributed by atoms with Crippen LogP contribution in [-0.4, -0.2) is 5.97 Å². The van der Waals surface area contributed by atoms with Crippen LogP contribution in [0, 0.1) is 29.3 Å². The zero-order valence-corrected chi connectivity index (χ0v) is 11.2. The summed E-state index contributed by atoms with van der Waals surface area (Å²) in [5, 5.41) is 8.19. The lowest BCUT2D eigenvalue weighted by Crippen LogP contribution is -1.91. The number of nitrogens with zero attached hydrogens (tertiary/aromatic N) is 1. The highest BCUT2D eigenvalue weighted by atomic mass is 19.1. The minimum absolute atomic E-state index is 0.00810. The van der Waals surface area contributed by atoms with Crippen molar-refractivity contribution in [1.82, 2.24) is 0 Å². The fraction of sp³-hybridized carbons (Fsp3) is 0.0588. The molecular formula is C17H10FNO2. The Morgan fingerprint density at radius 2 is 1.90 bits per heavy atom. The molecule has 2 aromatic rings. The summed E-state index contributed by atoms with van der Waals surface area (Å²) in [6.07, 6.45) is 1.80. The van der Waals surface area contributed by atoms with Gasteiger partial charge in [0.2, 0.25) is 0 Å². The van der Waals surface area contributed by atoms with E-state index >= 15 is 0 Å². The lowest BCUT2D eigenvalue weighted by atomic mass is 10.1. The van der Waals surface area contributed by atoms with Crippen LogP contribution in [0.4, 0.5) is 4.39 Å². The fourth-order valence-electron chi connectivity index (χ4n) is 1.75. The molecule has 0 saturated heterocycles. The van der Waals surface area contributed by atoms with Crippen molar-refractivity contribution in [1.29, 1.82) is 5.26 Å². The van der Waals surface area contributed by atoms with E-state index in [0.717, 1.165) is 11.6 Å². The Kier molecular flexibility index (Phi) is 4.33. The normalized spacial score (nSPS) is 13.4. The number of halogens is 1. The number of hydrogen-bond donors (Lipinski definition) is 0. The Balaban J connectivity index is 0.000000161. The van der Waals surface area contributed by atoms with Gasteiger partial charge < -0.3 is 4.74 Å². The molecule has 4 heteroatoms. The Hall–Kier alpha value is -3.11. The van der Waals surface area contributed by atoms with Gasteiger partial charge in [0.25, 0.3) is 0 Å². The predicted octanol–water partition coefficient (Wildman–Crippen LogP) is 3.52. The van der Waals surface area contributed by atoms with E-state index in [0.29, 0.717) is 11.3 Å². The SMILES string of the molecule is C/C=C1\OC(=O)c2ccccc21.N#Cc1cc#ccc1F. The molecule has 0 atom stereocenters. The molecule has 0 aliphatic carbocycles. The van der Waals surface area contributed by atoms with E-state index in [-0.39, 0.29) is 11.5 Å². The second-order valence-corrected chi connectivity index (χ2v) is 4.04. The van der Waals surface area contributed by atoms with Crippen molar-refractivity contribution in [3.8, 4) is 6.07 Å².